The summed E-state index contributed by atoms with van der Waals surface area (Å²) in [5.41, 5.74) is 11.9. The van der Waals surface area contributed by atoms with Gasteiger partial charge in [-0.2, -0.15) is 0 Å². The van der Waals surface area contributed by atoms with Crippen LogP contribution in [0.1, 0.15) is 45.4 Å². The lowest BCUT2D eigenvalue weighted by Crippen LogP contribution is -2.66. The van der Waals surface area contributed by atoms with Gasteiger partial charge in [0.15, 0.2) is 12.6 Å². The smallest absolute Gasteiger partial charge is 0.221 e. The molecule has 1 amide bonds. The highest BCUT2D eigenvalue weighted by atomic mass is 16.7. The molecule has 37 heavy (non-hydrogen) atoms. The van der Waals surface area contributed by atoms with E-state index in [1.807, 2.05) is 6.08 Å². The van der Waals surface area contributed by atoms with Crippen LogP contribution >= 0.6 is 0 Å². The topological polar surface area (TPSA) is 211 Å². The first-order valence-corrected chi connectivity index (χ1v) is 13.2. The number of allylic oxidation sites excluding steroid dienone is 1. The van der Waals surface area contributed by atoms with E-state index in [9.17, 15) is 15.0 Å². The number of rotatable bonds is 17. The zero-order valence-electron chi connectivity index (χ0n) is 21.7. The SMILES string of the molecule is CC[C@@H](O)[C@H](OCCO)O[C@@H]1[C@@H](O)[C@H](O[C@@H]2CCC=C(CNCCCO)O2)[C@@H](N)C[C@H]1NC(=O)CCN. The normalized spacial score (nSPS) is 29.8. The van der Waals surface area contributed by atoms with Gasteiger partial charge in [-0.3, -0.25) is 4.79 Å². The number of ether oxygens (including phenoxy) is 4. The number of nitrogens with one attached hydrogen (secondary N) is 2. The van der Waals surface area contributed by atoms with E-state index in [1.165, 1.54) is 0 Å². The number of nitrogens with two attached hydrogens (primary N) is 2. The molecule has 10 N–H and O–H groups in total. The summed E-state index contributed by atoms with van der Waals surface area (Å²) in [5.74, 6) is 0.388. The summed E-state index contributed by atoms with van der Waals surface area (Å²) in [7, 11) is 0. The number of carbonyl (C=O) groups excluding carboxylic acids is 1. The summed E-state index contributed by atoms with van der Waals surface area (Å²) in [6.07, 6.45) is -1.48. The Labute approximate surface area is 218 Å². The Morgan fingerprint density at radius 1 is 1.30 bits per heavy atom. The molecule has 2 rings (SSSR count). The van der Waals surface area contributed by atoms with E-state index in [0.717, 1.165) is 6.42 Å². The Balaban J connectivity index is 2.12. The third-order valence-electron chi connectivity index (χ3n) is 6.31. The van der Waals surface area contributed by atoms with Gasteiger partial charge in [-0.25, -0.2) is 0 Å². The number of aliphatic hydroxyl groups is 4. The zero-order chi connectivity index (χ0) is 27.2. The van der Waals surface area contributed by atoms with Crippen LogP contribution < -0.4 is 22.1 Å². The van der Waals surface area contributed by atoms with E-state index in [-0.39, 0.29) is 45.1 Å². The fraction of sp³-hybridized carbons (Fsp3) is 0.875. The van der Waals surface area contributed by atoms with Crippen molar-refractivity contribution in [1.82, 2.24) is 10.6 Å². The summed E-state index contributed by atoms with van der Waals surface area (Å²) in [6.45, 7) is 2.78. The summed E-state index contributed by atoms with van der Waals surface area (Å²) >= 11 is 0. The van der Waals surface area contributed by atoms with E-state index >= 15 is 0 Å². The largest absolute Gasteiger partial charge is 0.468 e. The van der Waals surface area contributed by atoms with Gasteiger partial charge >= 0.3 is 0 Å². The molecule has 0 bridgehead atoms. The van der Waals surface area contributed by atoms with Crippen molar-refractivity contribution in [2.24, 2.45) is 11.5 Å². The van der Waals surface area contributed by atoms with Gasteiger partial charge < -0.3 is 61.5 Å². The van der Waals surface area contributed by atoms with Crippen molar-refractivity contribution < 1.29 is 44.2 Å². The van der Waals surface area contributed by atoms with E-state index in [2.05, 4.69) is 10.6 Å². The maximum atomic E-state index is 12.3. The molecule has 1 heterocycles. The molecule has 1 aliphatic carbocycles. The summed E-state index contributed by atoms with van der Waals surface area (Å²) < 4.78 is 23.6. The molecule has 1 aliphatic heterocycles. The minimum absolute atomic E-state index is 0.0778. The van der Waals surface area contributed by atoms with Gasteiger partial charge in [0.05, 0.1) is 25.8 Å². The minimum atomic E-state index is -1.28. The number of aliphatic hydroxyl groups excluding tert-OH is 4. The lowest BCUT2D eigenvalue weighted by Gasteiger charge is -2.45. The van der Waals surface area contributed by atoms with E-state index < -0.39 is 49.1 Å². The van der Waals surface area contributed by atoms with Crippen LogP contribution in [-0.4, -0.2) is 115 Å². The van der Waals surface area contributed by atoms with E-state index in [0.29, 0.717) is 38.1 Å². The molecule has 0 unspecified atom stereocenters. The predicted molar refractivity (Wildman–Crippen MR) is 134 cm³/mol. The van der Waals surface area contributed by atoms with Crippen LogP contribution in [0.5, 0.6) is 0 Å². The van der Waals surface area contributed by atoms with Crippen molar-refractivity contribution in [2.45, 2.75) is 94.5 Å². The number of carbonyl (C=O) groups is 1. The number of hydrogen-bond donors (Lipinski definition) is 8. The summed E-state index contributed by atoms with van der Waals surface area (Å²) in [4.78, 5) is 12.3. The Morgan fingerprint density at radius 2 is 2.08 bits per heavy atom. The average Bonchev–Trinajstić information content (AvgIpc) is 2.88. The van der Waals surface area contributed by atoms with Crippen molar-refractivity contribution in [3.8, 4) is 0 Å². The molecule has 8 atom stereocenters. The molecule has 0 aromatic rings. The zero-order valence-corrected chi connectivity index (χ0v) is 21.7. The first kappa shape index (κ1) is 31.8. The second-order valence-electron chi connectivity index (χ2n) is 9.29. The van der Waals surface area contributed by atoms with Crippen LogP contribution in [0.4, 0.5) is 0 Å². The quantitative estimate of drug-likeness (QED) is 0.0737. The molecule has 0 aromatic carbocycles. The first-order chi connectivity index (χ1) is 17.8. The molecule has 2 aliphatic rings. The van der Waals surface area contributed by atoms with Crippen molar-refractivity contribution in [1.29, 1.82) is 0 Å². The standard InChI is InChI=1S/C24H46N4O9/c1-2-18(31)24(34-12-11-30)37-23-17(28-19(32)7-8-25)13-16(26)22(21(23)33)36-20-6-3-5-15(35-20)14-27-9-4-10-29/h5,16-18,20-24,27,29-31,33H,2-4,6-14,25-26H2,1H3,(H,28,32)/t16-,17+,18+,20+,21-,22+,23-,24+/m0/s1. The van der Waals surface area contributed by atoms with Crippen LogP contribution in [0.15, 0.2) is 11.8 Å². The number of hydrogen-bond acceptors (Lipinski definition) is 12. The predicted octanol–water partition coefficient (Wildman–Crippen LogP) is -2.22. The molecular formula is C24H46N4O9. The molecule has 0 radical (unpaired) electrons. The fourth-order valence-corrected chi connectivity index (χ4v) is 4.36. The van der Waals surface area contributed by atoms with Gasteiger partial charge in [0, 0.05) is 32.0 Å². The van der Waals surface area contributed by atoms with Crippen molar-refractivity contribution in [3.05, 3.63) is 11.8 Å². The molecule has 0 aromatic heterocycles. The molecular weight excluding hydrogens is 488 g/mol. The first-order valence-electron chi connectivity index (χ1n) is 13.2. The molecule has 1 fully saturated rings. The number of amides is 1. The van der Waals surface area contributed by atoms with Gasteiger partial charge in [-0.1, -0.05) is 6.92 Å². The Hall–Kier alpha value is -1.39. The average molecular weight is 535 g/mol. The fourth-order valence-electron chi connectivity index (χ4n) is 4.36. The highest BCUT2D eigenvalue weighted by molar-refractivity contribution is 5.76. The molecule has 1 saturated carbocycles. The van der Waals surface area contributed by atoms with E-state index in [4.69, 9.17) is 40.6 Å². The Kier molecular flexibility index (Phi) is 14.8. The van der Waals surface area contributed by atoms with Crippen molar-refractivity contribution in [3.63, 3.8) is 0 Å². The monoisotopic (exact) mass is 534 g/mol. The maximum Gasteiger partial charge on any atom is 0.221 e. The molecule has 0 saturated heterocycles. The van der Waals surface area contributed by atoms with Crippen LogP contribution in [0.2, 0.25) is 0 Å². The van der Waals surface area contributed by atoms with Gasteiger partial charge in [-0.05, 0) is 38.3 Å². The summed E-state index contributed by atoms with van der Waals surface area (Å²) in [6, 6.07) is -1.33. The molecule has 13 heteroatoms. The van der Waals surface area contributed by atoms with Gasteiger partial charge in [-0.15, -0.1) is 0 Å². The van der Waals surface area contributed by atoms with Gasteiger partial charge in [0.25, 0.3) is 0 Å². The van der Waals surface area contributed by atoms with Gasteiger partial charge in [0.2, 0.25) is 5.91 Å². The maximum absolute atomic E-state index is 12.3. The van der Waals surface area contributed by atoms with Gasteiger partial charge in [0.1, 0.15) is 30.2 Å². The minimum Gasteiger partial charge on any atom is -0.468 e. The van der Waals surface area contributed by atoms with Crippen LogP contribution in [0, 0.1) is 0 Å². The third kappa shape index (κ3) is 10.4. The molecule has 216 valence electrons. The lowest BCUT2D eigenvalue weighted by molar-refractivity contribution is -0.269. The summed E-state index contributed by atoms with van der Waals surface area (Å²) in [5, 5.41) is 45.8. The van der Waals surface area contributed by atoms with Crippen LogP contribution in [0.3, 0.4) is 0 Å². The second-order valence-corrected chi connectivity index (χ2v) is 9.29. The Morgan fingerprint density at radius 3 is 2.76 bits per heavy atom. The Bertz CT molecular complexity index is 687. The molecule has 13 nitrogen and oxygen atoms in total. The molecule has 0 spiro atoms. The van der Waals surface area contributed by atoms with Crippen molar-refractivity contribution >= 4 is 5.91 Å². The third-order valence-corrected chi connectivity index (χ3v) is 6.31. The highest BCUT2D eigenvalue weighted by Crippen LogP contribution is 2.29. The second kappa shape index (κ2) is 17.2. The van der Waals surface area contributed by atoms with Crippen LogP contribution in [0.25, 0.3) is 0 Å². The lowest BCUT2D eigenvalue weighted by atomic mass is 9.83. The van der Waals surface area contributed by atoms with Crippen molar-refractivity contribution in [2.75, 3.05) is 39.5 Å². The highest BCUT2D eigenvalue weighted by Gasteiger charge is 2.47. The van der Waals surface area contributed by atoms with Crippen LogP contribution in [-0.2, 0) is 23.7 Å². The van der Waals surface area contributed by atoms with E-state index in [1.54, 1.807) is 6.92 Å².